The fourth-order valence-corrected chi connectivity index (χ4v) is 2.66. The summed E-state index contributed by atoms with van der Waals surface area (Å²) in [5.41, 5.74) is 0.417. The molecule has 1 aromatic carbocycles. The molecule has 8 nitrogen and oxygen atoms in total. The summed E-state index contributed by atoms with van der Waals surface area (Å²) in [6, 6.07) is 4.23. The number of amides is 1. The normalized spacial score (nSPS) is 11.6. The largest absolute Gasteiger partial charge is 0.471 e. The minimum absolute atomic E-state index is 0.0720. The van der Waals surface area contributed by atoms with E-state index in [1.54, 1.807) is 13.0 Å². The predicted octanol–water partition coefficient (Wildman–Crippen LogP) is 3.07. The number of nitrogens with zero attached hydrogens (tertiary/aromatic N) is 2. The predicted molar refractivity (Wildman–Crippen MR) is 87.2 cm³/mol. The summed E-state index contributed by atoms with van der Waals surface area (Å²) in [7, 11) is -4.78. The molecule has 0 saturated carbocycles. The lowest BCUT2D eigenvalue weighted by Gasteiger charge is -2.10. The van der Waals surface area contributed by atoms with Gasteiger partial charge in [-0.2, -0.15) is 5.10 Å². The van der Waals surface area contributed by atoms with E-state index in [9.17, 15) is 13.8 Å². The van der Waals surface area contributed by atoms with E-state index < -0.39 is 26.3 Å². The van der Waals surface area contributed by atoms with Gasteiger partial charge in [0.05, 0.1) is 10.2 Å². The van der Waals surface area contributed by atoms with E-state index in [1.807, 2.05) is 0 Å². The van der Waals surface area contributed by atoms with Crippen LogP contribution in [-0.2, 0) is 15.8 Å². The van der Waals surface area contributed by atoms with Crippen molar-refractivity contribution in [2.45, 2.75) is 13.7 Å². The van der Waals surface area contributed by atoms with Crippen molar-refractivity contribution in [3.05, 3.63) is 44.9 Å². The zero-order chi connectivity index (χ0) is 18.1. The molecule has 0 bridgehead atoms. The molecule has 0 fully saturated rings. The van der Waals surface area contributed by atoms with Crippen LogP contribution in [0.3, 0.4) is 0 Å². The molecule has 0 unspecified atom stereocenters. The molecule has 0 aliphatic carbocycles. The Balaban J connectivity index is 2.29. The fourth-order valence-electron chi connectivity index (χ4n) is 1.75. The summed E-state index contributed by atoms with van der Waals surface area (Å²) in [6.07, 6.45) is 0. The Morgan fingerprint density at radius 2 is 2.21 bits per heavy atom. The Labute approximate surface area is 148 Å². The van der Waals surface area contributed by atoms with Crippen LogP contribution in [0.5, 0.6) is 0 Å². The summed E-state index contributed by atoms with van der Waals surface area (Å²) < 4.78 is 29.8. The molecule has 12 heteroatoms. The molecule has 0 radical (unpaired) electrons. The van der Waals surface area contributed by atoms with Crippen molar-refractivity contribution in [1.29, 1.82) is 0 Å². The molecule has 0 spiro atoms. The third-order valence-electron chi connectivity index (χ3n) is 2.79. The maximum Gasteiger partial charge on any atom is 0.471 e. The number of carbonyl (C=O) groups is 1. The van der Waals surface area contributed by atoms with Gasteiger partial charge in [0.1, 0.15) is 11.5 Å². The van der Waals surface area contributed by atoms with Gasteiger partial charge in [-0.1, -0.05) is 17.7 Å². The molecule has 1 amide bonds. The van der Waals surface area contributed by atoms with E-state index in [0.717, 1.165) is 4.68 Å². The van der Waals surface area contributed by atoms with E-state index >= 15 is 0 Å². The monoisotopic (exact) mass is 441 g/mol. The summed E-state index contributed by atoms with van der Waals surface area (Å²) in [6.45, 7) is 0.967. The minimum Gasteiger partial charge on any atom is -0.318 e. The Morgan fingerprint density at radius 3 is 2.79 bits per heavy atom. The Kier molecular flexibility index (Phi) is 5.79. The van der Waals surface area contributed by atoms with Crippen LogP contribution in [0.2, 0.25) is 5.15 Å². The number of rotatable bonds is 5. The quantitative estimate of drug-likeness (QED) is 0.613. The van der Waals surface area contributed by atoms with Crippen molar-refractivity contribution in [3.63, 3.8) is 0 Å². The first-order valence-electron chi connectivity index (χ1n) is 6.28. The van der Waals surface area contributed by atoms with Crippen LogP contribution in [0.1, 0.15) is 16.1 Å². The maximum absolute atomic E-state index is 13.8. The SMILES string of the molecule is Cc1ccc(NC(=O)c2c(Br)c(Cl)nn2COP(=O)(O)O)c(F)c1. The highest BCUT2D eigenvalue weighted by atomic mass is 79.9. The number of nitrogens with one attached hydrogen (secondary N) is 1. The third kappa shape index (κ3) is 4.62. The van der Waals surface area contributed by atoms with Gasteiger partial charge in [0.2, 0.25) is 0 Å². The molecular weight excluding hydrogens is 431 g/mol. The number of hydrogen-bond acceptors (Lipinski definition) is 4. The molecule has 2 aromatic rings. The molecule has 0 atom stereocenters. The van der Waals surface area contributed by atoms with Gasteiger partial charge in [-0.3, -0.25) is 9.32 Å². The number of carbonyl (C=O) groups excluding carboxylic acids is 1. The zero-order valence-electron chi connectivity index (χ0n) is 12.0. The van der Waals surface area contributed by atoms with E-state index in [4.69, 9.17) is 21.4 Å². The van der Waals surface area contributed by atoms with Crippen LogP contribution in [0, 0.1) is 12.7 Å². The first-order chi connectivity index (χ1) is 11.1. The van der Waals surface area contributed by atoms with Crippen LogP contribution < -0.4 is 5.32 Å². The number of hydrogen-bond donors (Lipinski definition) is 3. The number of phosphoric ester groups is 1. The summed E-state index contributed by atoms with van der Waals surface area (Å²) in [5, 5.41) is 5.93. The second kappa shape index (κ2) is 7.30. The van der Waals surface area contributed by atoms with E-state index in [1.165, 1.54) is 12.1 Å². The standard InChI is InChI=1S/C12H11BrClFN3O5P/c1-6-2-3-8(7(15)4-6)16-12(19)10-9(13)11(14)17-18(10)5-23-24(20,21)22/h2-4H,5H2,1H3,(H,16,19)(H2,20,21,22). The third-order valence-corrected chi connectivity index (χ3v) is 4.49. The Hall–Kier alpha value is -1.29. The maximum atomic E-state index is 13.8. The van der Waals surface area contributed by atoms with Crippen molar-refractivity contribution >= 4 is 46.9 Å². The van der Waals surface area contributed by atoms with Crippen molar-refractivity contribution < 1.29 is 28.1 Å². The number of aromatic nitrogens is 2. The van der Waals surface area contributed by atoms with Crippen molar-refractivity contribution in [2.24, 2.45) is 0 Å². The summed E-state index contributed by atoms with van der Waals surface area (Å²) in [5.74, 6) is -1.43. The minimum atomic E-state index is -4.78. The Bertz CT molecular complexity index is 840. The molecular formula is C12H11BrClFN3O5P. The van der Waals surface area contributed by atoms with Crippen LogP contribution >= 0.6 is 35.4 Å². The number of halogens is 3. The summed E-state index contributed by atoms with van der Waals surface area (Å²) in [4.78, 5) is 29.8. The molecule has 1 heterocycles. The Morgan fingerprint density at radius 1 is 1.54 bits per heavy atom. The van der Waals surface area contributed by atoms with Gasteiger partial charge in [0.15, 0.2) is 11.9 Å². The van der Waals surface area contributed by atoms with Crippen LogP contribution in [0.15, 0.2) is 22.7 Å². The number of anilines is 1. The van der Waals surface area contributed by atoms with Gasteiger partial charge in [0, 0.05) is 0 Å². The highest BCUT2D eigenvalue weighted by molar-refractivity contribution is 9.10. The average molecular weight is 443 g/mol. The van der Waals surface area contributed by atoms with Crippen molar-refractivity contribution in [3.8, 4) is 0 Å². The van der Waals surface area contributed by atoms with E-state index in [2.05, 4.69) is 30.9 Å². The van der Waals surface area contributed by atoms with Gasteiger partial charge in [0.25, 0.3) is 5.91 Å². The number of phosphoric acid groups is 1. The molecule has 0 aliphatic heterocycles. The lowest BCUT2D eigenvalue weighted by Crippen LogP contribution is -2.19. The topological polar surface area (TPSA) is 114 Å². The fraction of sp³-hybridized carbons (Fsp3) is 0.167. The van der Waals surface area contributed by atoms with Gasteiger partial charge in [-0.25, -0.2) is 13.6 Å². The first-order valence-corrected chi connectivity index (χ1v) is 8.98. The van der Waals surface area contributed by atoms with Crippen LogP contribution in [0.4, 0.5) is 10.1 Å². The molecule has 3 N–H and O–H groups in total. The highest BCUT2D eigenvalue weighted by Gasteiger charge is 2.24. The lowest BCUT2D eigenvalue weighted by atomic mass is 10.2. The van der Waals surface area contributed by atoms with Crippen molar-refractivity contribution in [2.75, 3.05) is 5.32 Å². The van der Waals surface area contributed by atoms with E-state index in [-0.39, 0.29) is 21.0 Å². The first kappa shape index (κ1) is 19.0. The number of aryl methyl sites for hydroxylation is 1. The molecule has 0 aliphatic rings. The molecule has 24 heavy (non-hydrogen) atoms. The van der Waals surface area contributed by atoms with Crippen LogP contribution in [0.25, 0.3) is 0 Å². The molecule has 0 saturated heterocycles. The smallest absolute Gasteiger partial charge is 0.318 e. The van der Waals surface area contributed by atoms with Gasteiger partial charge >= 0.3 is 7.82 Å². The number of benzene rings is 1. The second-order valence-corrected chi connectivity index (χ2v) is 7.03. The van der Waals surface area contributed by atoms with E-state index in [0.29, 0.717) is 5.56 Å². The highest BCUT2D eigenvalue weighted by Crippen LogP contribution is 2.37. The van der Waals surface area contributed by atoms with Gasteiger partial charge in [-0.15, -0.1) is 0 Å². The summed E-state index contributed by atoms with van der Waals surface area (Å²) >= 11 is 8.85. The second-order valence-electron chi connectivity index (χ2n) is 4.64. The van der Waals surface area contributed by atoms with Gasteiger partial charge in [-0.05, 0) is 40.5 Å². The molecule has 130 valence electrons. The molecule has 1 aromatic heterocycles. The molecule has 2 rings (SSSR count). The van der Waals surface area contributed by atoms with Crippen molar-refractivity contribution in [1.82, 2.24) is 9.78 Å². The lowest BCUT2D eigenvalue weighted by molar-refractivity contribution is 0.0986. The van der Waals surface area contributed by atoms with Gasteiger partial charge < -0.3 is 15.1 Å². The average Bonchev–Trinajstić information content (AvgIpc) is 2.74. The van der Waals surface area contributed by atoms with Crippen LogP contribution in [-0.4, -0.2) is 25.5 Å². The zero-order valence-corrected chi connectivity index (χ0v) is 15.3.